The molecular formula is C15H18O5. The molecule has 108 valence electrons. The van der Waals surface area contributed by atoms with E-state index in [-0.39, 0.29) is 17.5 Å². The molecule has 2 rings (SSSR count). The molecule has 0 aliphatic heterocycles. The van der Waals surface area contributed by atoms with E-state index in [2.05, 4.69) is 0 Å². The van der Waals surface area contributed by atoms with Crippen molar-refractivity contribution >= 4 is 11.6 Å². The first-order valence-electron chi connectivity index (χ1n) is 6.46. The number of benzene rings is 1. The van der Waals surface area contributed by atoms with E-state index >= 15 is 0 Å². The van der Waals surface area contributed by atoms with Crippen molar-refractivity contribution in [2.45, 2.75) is 19.3 Å². The lowest BCUT2D eigenvalue weighted by Crippen LogP contribution is -2.12. The van der Waals surface area contributed by atoms with Gasteiger partial charge >= 0.3 is 0 Å². The fourth-order valence-corrected chi connectivity index (χ4v) is 2.50. The maximum atomic E-state index is 12.4. The van der Waals surface area contributed by atoms with Crippen molar-refractivity contribution in [2.24, 2.45) is 5.92 Å². The monoisotopic (exact) mass is 278 g/mol. The quantitative estimate of drug-likeness (QED) is 0.773. The van der Waals surface area contributed by atoms with E-state index < -0.39 is 0 Å². The van der Waals surface area contributed by atoms with Crippen molar-refractivity contribution in [1.82, 2.24) is 0 Å². The highest BCUT2D eigenvalue weighted by Crippen LogP contribution is 2.39. The first-order valence-corrected chi connectivity index (χ1v) is 6.46. The molecule has 5 nitrogen and oxygen atoms in total. The Morgan fingerprint density at radius 1 is 1.10 bits per heavy atom. The van der Waals surface area contributed by atoms with E-state index in [0.29, 0.717) is 42.1 Å². The molecule has 0 spiro atoms. The molecule has 1 aromatic rings. The van der Waals surface area contributed by atoms with Crippen LogP contribution in [0.15, 0.2) is 12.1 Å². The van der Waals surface area contributed by atoms with Crippen LogP contribution in [0.4, 0.5) is 0 Å². The largest absolute Gasteiger partial charge is 0.493 e. The molecule has 0 N–H and O–H groups in total. The average molecular weight is 278 g/mol. The smallest absolute Gasteiger partial charge is 0.203 e. The Hall–Kier alpha value is -2.04. The molecule has 0 aromatic heterocycles. The Morgan fingerprint density at radius 3 is 2.10 bits per heavy atom. The van der Waals surface area contributed by atoms with E-state index in [4.69, 9.17) is 14.2 Å². The molecule has 1 aliphatic carbocycles. The number of carbonyl (C=O) groups is 2. The van der Waals surface area contributed by atoms with Crippen molar-refractivity contribution in [3.05, 3.63) is 17.7 Å². The first-order chi connectivity index (χ1) is 9.60. The zero-order valence-corrected chi connectivity index (χ0v) is 11.9. The van der Waals surface area contributed by atoms with Gasteiger partial charge < -0.3 is 14.2 Å². The van der Waals surface area contributed by atoms with Crippen molar-refractivity contribution in [1.29, 1.82) is 0 Å². The second kappa shape index (κ2) is 5.94. The summed E-state index contributed by atoms with van der Waals surface area (Å²) in [5.74, 6) is 1.21. The van der Waals surface area contributed by atoms with Gasteiger partial charge in [0.1, 0.15) is 5.78 Å². The highest BCUT2D eigenvalue weighted by atomic mass is 16.5. The normalized spacial score (nSPS) is 17.9. The van der Waals surface area contributed by atoms with E-state index in [1.807, 2.05) is 0 Å². The van der Waals surface area contributed by atoms with Crippen LogP contribution in [0, 0.1) is 5.92 Å². The fraction of sp³-hybridized carbons (Fsp3) is 0.467. The molecule has 0 saturated heterocycles. The maximum absolute atomic E-state index is 12.4. The number of ketones is 2. The number of ether oxygens (including phenoxy) is 3. The average Bonchev–Trinajstić information content (AvgIpc) is 2.91. The van der Waals surface area contributed by atoms with Gasteiger partial charge in [-0.2, -0.15) is 0 Å². The molecule has 1 aliphatic rings. The molecule has 1 aromatic carbocycles. The number of carbonyl (C=O) groups excluding carboxylic acids is 2. The van der Waals surface area contributed by atoms with Gasteiger partial charge in [0.05, 0.1) is 21.3 Å². The fourth-order valence-electron chi connectivity index (χ4n) is 2.50. The predicted octanol–water partition coefficient (Wildman–Crippen LogP) is 2.26. The van der Waals surface area contributed by atoms with Gasteiger partial charge in [0, 0.05) is 24.3 Å². The Labute approximate surface area is 117 Å². The van der Waals surface area contributed by atoms with E-state index in [1.165, 1.54) is 21.3 Å². The van der Waals surface area contributed by atoms with E-state index in [1.54, 1.807) is 12.1 Å². The van der Waals surface area contributed by atoms with E-state index in [0.717, 1.165) is 0 Å². The summed E-state index contributed by atoms with van der Waals surface area (Å²) in [5, 5.41) is 0. The van der Waals surface area contributed by atoms with Crippen molar-refractivity contribution in [3.8, 4) is 17.2 Å². The molecule has 20 heavy (non-hydrogen) atoms. The lowest BCUT2D eigenvalue weighted by molar-refractivity contribution is -0.117. The van der Waals surface area contributed by atoms with Crippen LogP contribution in [0.5, 0.6) is 17.2 Å². The number of Topliss-reactive ketones (excluding diaryl/α,β-unsaturated/α-hetero) is 2. The number of hydrogen-bond donors (Lipinski definition) is 0. The van der Waals surface area contributed by atoms with Crippen LogP contribution < -0.4 is 14.2 Å². The molecule has 5 heteroatoms. The van der Waals surface area contributed by atoms with Gasteiger partial charge in [-0.05, 0) is 18.6 Å². The molecule has 0 amide bonds. The van der Waals surface area contributed by atoms with Crippen LogP contribution >= 0.6 is 0 Å². The molecular weight excluding hydrogens is 260 g/mol. The molecule has 1 saturated carbocycles. The van der Waals surface area contributed by atoms with Crippen LogP contribution in [-0.2, 0) is 4.79 Å². The minimum absolute atomic E-state index is 0.0462. The Kier molecular flexibility index (Phi) is 4.27. The third-order valence-electron chi connectivity index (χ3n) is 3.57. The van der Waals surface area contributed by atoms with Gasteiger partial charge in [0.15, 0.2) is 17.3 Å². The lowest BCUT2D eigenvalue weighted by Gasteiger charge is -2.15. The van der Waals surface area contributed by atoms with Gasteiger partial charge in [-0.1, -0.05) is 0 Å². The lowest BCUT2D eigenvalue weighted by atomic mass is 9.95. The molecule has 1 fully saturated rings. The summed E-state index contributed by atoms with van der Waals surface area (Å²) >= 11 is 0. The highest BCUT2D eigenvalue weighted by molar-refractivity contribution is 6.02. The Bertz CT molecular complexity index is 510. The summed E-state index contributed by atoms with van der Waals surface area (Å²) in [4.78, 5) is 23.7. The zero-order valence-electron chi connectivity index (χ0n) is 11.9. The molecule has 0 heterocycles. The van der Waals surface area contributed by atoms with Crippen LogP contribution in [0.3, 0.4) is 0 Å². The Morgan fingerprint density at radius 2 is 1.70 bits per heavy atom. The third-order valence-corrected chi connectivity index (χ3v) is 3.57. The SMILES string of the molecule is COc1cc(C(=O)C2CCC(=O)C2)cc(OC)c1OC. The standard InChI is InChI=1S/C15H18O5/c1-18-12-7-10(8-13(19-2)15(12)20-3)14(17)9-4-5-11(16)6-9/h7-9H,4-6H2,1-3H3. The summed E-state index contributed by atoms with van der Waals surface area (Å²) in [6, 6.07) is 3.26. The van der Waals surface area contributed by atoms with Gasteiger partial charge in [-0.3, -0.25) is 9.59 Å². The topological polar surface area (TPSA) is 61.8 Å². The highest BCUT2D eigenvalue weighted by Gasteiger charge is 2.30. The summed E-state index contributed by atoms with van der Waals surface area (Å²) in [6.07, 6.45) is 1.44. The minimum atomic E-state index is -0.231. The maximum Gasteiger partial charge on any atom is 0.203 e. The second-order valence-corrected chi connectivity index (χ2v) is 4.76. The third kappa shape index (κ3) is 2.61. The van der Waals surface area contributed by atoms with Crippen LogP contribution in [-0.4, -0.2) is 32.9 Å². The van der Waals surface area contributed by atoms with Gasteiger partial charge in [-0.25, -0.2) is 0 Å². The van der Waals surface area contributed by atoms with Crippen LogP contribution in [0.2, 0.25) is 0 Å². The number of hydrogen-bond acceptors (Lipinski definition) is 5. The van der Waals surface area contributed by atoms with Crippen LogP contribution in [0.25, 0.3) is 0 Å². The van der Waals surface area contributed by atoms with Gasteiger partial charge in [0.2, 0.25) is 5.75 Å². The molecule has 1 unspecified atom stereocenters. The second-order valence-electron chi connectivity index (χ2n) is 4.76. The minimum Gasteiger partial charge on any atom is -0.493 e. The molecule has 1 atom stereocenters. The number of methoxy groups -OCH3 is 3. The van der Waals surface area contributed by atoms with Crippen molar-refractivity contribution < 1.29 is 23.8 Å². The first kappa shape index (κ1) is 14.4. The van der Waals surface area contributed by atoms with Crippen molar-refractivity contribution in [2.75, 3.05) is 21.3 Å². The van der Waals surface area contributed by atoms with Gasteiger partial charge in [0.25, 0.3) is 0 Å². The van der Waals surface area contributed by atoms with Crippen LogP contribution in [0.1, 0.15) is 29.6 Å². The Balaban J connectivity index is 2.36. The van der Waals surface area contributed by atoms with E-state index in [9.17, 15) is 9.59 Å². The molecule has 0 radical (unpaired) electrons. The summed E-state index contributed by atoms with van der Waals surface area (Å²) < 4.78 is 15.7. The number of rotatable bonds is 5. The summed E-state index contributed by atoms with van der Waals surface area (Å²) in [7, 11) is 4.52. The predicted molar refractivity (Wildman–Crippen MR) is 72.8 cm³/mol. The molecule has 0 bridgehead atoms. The zero-order chi connectivity index (χ0) is 14.7. The van der Waals surface area contributed by atoms with Gasteiger partial charge in [-0.15, -0.1) is 0 Å². The van der Waals surface area contributed by atoms with Crippen molar-refractivity contribution in [3.63, 3.8) is 0 Å². The summed E-state index contributed by atoms with van der Waals surface area (Å²) in [6.45, 7) is 0. The summed E-state index contributed by atoms with van der Waals surface area (Å²) in [5.41, 5.74) is 0.485.